The Labute approximate surface area is 110 Å². The lowest BCUT2D eigenvalue weighted by molar-refractivity contribution is 0.0601. The molecule has 100 valence electrons. The van der Waals surface area contributed by atoms with Crippen molar-refractivity contribution in [1.82, 2.24) is 14.8 Å². The van der Waals surface area contributed by atoms with Crippen molar-refractivity contribution in [2.45, 2.75) is 6.92 Å². The molecule has 0 saturated carbocycles. The van der Waals surface area contributed by atoms with Crippen molar-refractivity contribution in [3.63, 3.8) is 0 Å². The van der Waals surface area contributed by atoms with E-state index in [0.29, 0.717) is 17.3 Å². The smallest absolute Gasteiger partial charge is 0.341 e. The molecule has 0 radical (unpaired) electrons. The zero-order valence-corrected chi connectivity index (χ0v) is 11.0. The van der Waals surface area contributed by atoms with Crippen molar-refractivity contribution < 1.29 is 9.53 Å². The summed E-state index contributed by atoms with van der Waals surface area (Å²) in [6.07, 6.45) is 1.46. The van der Waals surface area contributed by atoms with Crippen LogP contribution >= 0.6 is 0 Å². The first kappa shape index (κ1) is 12.9. The molecule has 19 heavy (non-hydrogen) atoms. The van der Waals surface area contributed by atoms with Gasteiger partial charge in [-0.2, -0.15) is 5.10 Å². The molecule has 0 spiro atoms. The molecule has 2 heterocycles. The van der Waals surface area contributed by atoms with Gasteiger partial charge < -0.3 is 15.8 Å². The number of esters is 1. The third-order valence-electron chi connectivity index (χ3n) is 2.67. The van der Waals surface area contributed by atoms with E-state index in [-0.39, 0.29) is 5.56 Å². The number of nitrogens with two attached hydrogens (primary N) is 1. The summed E-state index contributed by atoms with van der Waals surface area (Å²) in [5.74, 6) is 0.455. The minimum absolute atomic E-state index is 0.269. The largest absolute Gasteiger partial charge is 0.465 e. The first-order chi connectivity index (χ1) is 9.01. The predicted molar refractivity (Wildman–Crippen MR) is 71.2 cm³/mol. The Bertz CT molecular complexity index is 601. The average Bonchev–Trinajstić information content (AvgIpc) is 2.69. The van der Waals surface area contributed by atoms with Gasteiger partial charge in [-0.1, -0.05) is 0 Å². The molecule has 7 nitrogen and oxygen atoms in total. The second kappa shape index (κ2) is 4.97. The fourth-order valence-corrected chi connectivity index (χ4v) is 1.59. The van der Waals surface area contributed by atoms with E-state index in [9.17, 15) is 4.79 Å². The van der Waals surface area contributed by atoms with E-state index in [0.717, 1.165) is 5.69 Å². The third-order valence-corrected chi connectivity index (χ3v) is 2.67. The van der Waals surface area contributed by atoms with E-state index in [2.05, 4.69) is 15.4 Å². The lowest BCUT2D eigenvalue weighted by Gasteiger charge is -2.08. The molecule has 2 rings (SSSR count). The molecular weight excluding hydrogens is 246 g/mol. The number of nitrogens with one attached hydrogen (secondary N) is 1. The van der Waals surface area contributed by atoms with Crippen molar-refractivity contribution in [2.75, 3.05) is 18.2 Å². The van der Waals surface area contributed by atoms with E-state index in [1.54, 1.807) is 4.68 Å². The molecule has 0 aliphatic carbocycles. The van der Waals surface area contributed by atoms with Crippen LogP contribution in [0.25, 0.3) is 0 Å². The van der Waals surface area contributed by atoms with E-state index in [1.165, 1.54) is 19.4 Å². The molecule has 0 aliphatic rings. The number of aryl methyl sites for hydroxylation is 2. The minimum Gasteiger partial charge on any atom is -0.465 e. The Morgan fingerprint density at radius 2 is 2.21 bits per heavy atom. The highest BCUT2D eigenvalue weighted by atomic mass is 16.5. The number of carbonyl (C=O) groups excluding carboxylic acids is 1. The number of hydrogen-bond donors (Lipinski definition) is 2. The maximum atomic E-state index is 11.7. The Morgan fingerprint density at radius 3 is 2.79 bits per heavy atom. The number of anilines is 3. The maximum Gasteiger partial charge on any atom is 0.341 e. The summed E-state index contributed by atoms with van der Waals surface area (Å²) in [6.45, 7) is 1.93. The van der Waals surface area contributed by atoms with Crippen LogP contribution in [0.4, 0.5) is 17.3 Å². The summed E-state index contributed by atoms with van der Waals surface area (Å²) >= 11 is 0. The van der Waals surface area contributed by atoms with Gasteiger partial charge in [0.1, 0.15) is 11.4 Å². The molecule has 3 N–H and O–H groups in total. The van der Waals surface area contributed by atoms with Crippen molar-refractivity contribution in [3.8, 4) is 0 Å². The van der Waals surface area contributed by atoms with Crippen LogP contribution in [0.3, 0.4) is 0 Å². The van der Waals surface area contributed by atoms with Crippen LogP contribution in [0.2, 0.25) is 0 Å². The molecule has 0 unspecified atom stereocenters. The fourth-order valence-electron chi connectivity index (χ4n) is 1.59. The highest BCUT2D eigenvalue weighted by Crippen LogP contribution is 2.20. The summed E-state index contributed by atoms with van der Waals surface area (Å²) in [6, 6.07) is 3.36. The monoisotopic (exact) mass is 261 g/mol. The van der Waals surface area contributed by atoms with Gasteiger partial charge in [-0.15, -0.1) is 0 Å². The van der Waals surface area contributed by atoms with Crippen LogP contribution < -0.4 is 11.1 Å². The summed E-state index contributed by atoms with van der Waals surface area (Å²) in [4.78, 5) is 15.8. The number of hydrogen-bond acceptors (Lipinski definition) is 6. The quantitative estimate of drug-likeness (QED) is 0.807. The van der Waals surface area contributed by atoms with Crippen molar-refractivity contribution in [2.24, 2.45) is 7.05 Å². The maximum absolute atomic E-state index is 11.7. The second-order valence-corrected chi connectivity index (χ2v) is 4.08. The van der Waals surface area contributed by atoms with Gasteiger partial charge in [0, 0.05) is 18.8 Å². The lowest BCUT2D eigenvalue weighted by Crippen LogP contribution is -2.08. The van der Waals surface area contributed by atoms with Gasteiger partial charge in [-0.25, -0.2) is 9.78 Å². The lowest BCUT2D eigenvalue weighted by atomic mass is 10.2. The van der Waals surface area contributed by atoms with Gasteiger partial charge in [0.15, 0.2) is 5.82 Å². The number of aromatic nitrogens is 3. The molecule has 7 heteroatoms. The van der Waals surface area contributed by atoms with Crippen LogP contribution in [-0.2, 0) is 11.8 Å². The van der Waals surface area contributed by atoms with Gasteiger partial charge in [0.05, 0.1) is 19.0 Å². The zero-order chi connectivity index (χ0) is 14.0. The SMILES string of the molecule is COC(=O)c1cc(N)cnc1Nc1cc(C)n(C)n1. The van der Waals surface area contributed by atoms with Gasteiger partial charge in [-0.3, -0.25) is 4.68 Å². The molecule has 0 amide bonds. The molecule has 0 bridgehead atoms. The zero-order valence-electron chi connectivity index (χ0n) is 11.0. The number of nitrogen functional groups attached to an aromatic ring is 1. The second-order valence-electron chi connectivity index (χ2n) is 4.08. The highest BCUT2D eigenvalue weighted by molar-refractivity contribution is 5.96. The Kier molecular flexibility index (Phi) is 3.37. The van der Waals surface area contributed by atoms with Crippen LogP contribution in [0.15, 0.2) is 18.3 Å². The van der Waals surface area contributed by atoms with Crippen LogP contribution in [0.1, 0.15) is 16.1 Å². The molecule has 0 saturated heterocycles. The van der Waals surface area contributed by atoms with Crippen molar-refractivity contribution >= 4 is 23.3 Å². The number of ether oxygens (including phenoxy) is 1. The number of carbonyl (C=O) groups is 1. The summed E-state index contributed by atoms with van der Waals surface area (Å²) in [7, 11) is 3.14. The van der Waals surface area contributed by atoms with Crippen LogP contribution in [0.5, 0.6) is 0 Å². The molecular formula is C12H15N5O2. The highest BCUT2D eigenvalue weighted by Gasteiger charge is 2.15. The van der Waals surface area contributed by atoms with Crippen LogP contribution in [0, 0.1) is 6.92 Å². The van der Waals surface area contributed by atoms with Gasteiger partial charge in [0.2, 0.25) is 0 Å². The molecule has 2 aromatic rings. The minimum atomic E-state index is -0.505. The molecule has 0 atom stereocenters. The fraction of sp³-hybridized carbons (Fsp3) is 0.250. The molecule has 2 aromatic heterocycles. The van der Waals surface area contributed by atoms with Gasteiger partial charge in [0.25, 0.3) is 0 Å². The Balaban J connectivity index is 2.36. The summed E-state index contributed by atoms with van der Waals surface area (Å²) in [5, 5.41) is 7.21. The van der Waals surface area contributed by atoms with E-state index < -0.39 is 5.97 Å². The average molecular weight is 261 g/mol. The van der Waals surface area contributed by atoms with Crippen molar-refractivity contribution in [3.05, 3.63) is 29.6 Å². The summed E-state index contributed by atoms with van der Waals surface area (Å²) in [5.41, 5.74) is 7.27. The molecule has 0 fully saturated rings. The van der Waals surface area contributed by atoms with Crippen LogP contribution in [-0.4, -0.2) is 27.8 Å². The van der Waals surface area contributed by atoms with E-state index in [1.807, 2.05) is 20.0 Å². The molecule has 0 aromatic carbocycles. The normalized spacial score (nSPS) is 10.3. The summed E-state index contributed by atoms with van der Waals surface area (Å²) < 4.78 is 6.42. The molecule has 0 aliphatic heterocycles. The number of methoxy groups -OCH3 is 1. The number of rotatable bonds is 3. The standard InChI is InChI=1S/C12H15N5O2/c1-7-4-10(16-17(7)2)15-11-9(12(18)19-3)5-8(13)6-14-11/h4-6H,13H2,1-3H3,(H,14,15,16). The first-order valence-corrected chi connectivity index (χ1v) is 5.62. The van der Waals surface area contributed by atoms with Crippen molar-refractivity contribution in [1.29, 1.82) is 0 Å². The first-order valence-electron chi connectivity index (χ1n) is 5.62. The number of nitrogens with zero attached hydrogens (tertiary/aromatic N) is 3. The van der Waals surface area contributed by atoms with Gasteiger partial charge >= 0.3 is 5.97 Å². The topological polar surface area (TPSA) is 95.1 Å². The number of pyridine rings is 1. The van der Waals surface area contributed by atoms with E-state index >= 15 is 0 Å². The Morgan fingerprint density at radius 1 is 1.47 bits per heavy atom. The Hall–Kier alpha value is -2.57. The van der Waals surface area contributed by atoms with E-state index in [4.69, 9.17) is 10.5 Å². The predicted octanol–water partition coefficient (Wildman–Crippen LogP) is 1.24. The third kappa shape index (κ3) is 2.65. The van der Waals surface area contributed by atoms with Gasteiger partial charge in [-0.05, 0) is 13.0 Å².